The molecule has 0 spiro atoms. The van der Waals surface area contributed by atoms with Gasteiger partial charge in [0.15, 0.2) is 5.78 Å². The SMILES string of the molecule is C[C@H](/C=C/C(=O)NS(=O)(=O)C1CC1)C1CCC2C3C=CC4=CC(=O)CC[C@]4(C)C3CCC21C. The minimum Gasteiger partial charge on any atom is -0.295 e. The molecule has 0 aromatic heterocycles. The first kappa shape index (κ1) is 23.1. The molecule has 0 aliphatic heterocycles. The van der Waals surface area contributed by atoms with Crippen LogP contribution in [0.15, 0.2) is 36.0 Å². The molecule has 33 heavy (non-hydrogen) atoms. The van der Waals surface area contributed by atoms with Gasteiger partial charge < -0.3 is 0 Å². The van der Waals surface area contributed by atoms with Crippen molar-refractivity contribution in [3.63, 3.8) is 0 Å². The van der Waals surface area contributed by atoms with E-state index in [0.717, 1.165) is 12.8 Å². The Labute approximate surface area is 198 Å². The molecular weight excluding hydrogens is 434 g/mol. The lowest BCUT2D eigenvalue weighted by Gasteiger charge is -2.56. The molecule has 1 amide bonds. The van der Waals surface area contributed by atoms with E-state index in [4.69, 9.17) is 0 Å². The summed E-state index contributed by atoms with van der Waals surface area (Å²) in [6, 6.07) is 0. The van der Waals surface area contributed by atoms with Crippen LogP contribution >= 0.6 is 0 Å². The van der Waals surface area contributed by atoms with Gasteiger partial charge >= 0.3 is 0 Å². The van der Waals surface area contributed by atoms with Crippen LogP contribution < -0.4 is 4.72 Å². The maximum absolute atomic E-state index is 12.2. The van der Waals surface area contributed by atoms with Crippen LogP contribution in [0.1, 0.15) is 72.1 Å². The number of nitrogens with one attached hydrogen (secondary N) is 1. The molecule has 5 aliphatic carbocycles. The van der Waals surface area contributed by atoms with Crippen molar-refractivity contribution >= 4 is 21.7 Å². The summed E-state index contributed by atoms with van der Waals surface area (Å²) in [6.07, 6.45) is 17.5. The molecule has 6 heteroatoms. The van der Waals surface area contributed by atoms with E-state index in [1.807, 2.05) is 12.2 Å². The molecule has 3 saturated carbocycles. The zero-order valence-corrected chi connectivity index (χ0v) is 20.9. The molecule has 5 unspecified atom stereocenters. The molecule has 5 nitrogen and oxygen atoms in total. The minimum atomic E-state index is -3.50. The van der Waals surface area contributed by atoms with E-state index in [-0.39, 0.29) is 27.8 Å². The zero-order valence-electron chi connectivity index (χ0n) is 20.0. The van der Waals surface area contributed by atoms with Crippen molar-refractivity contribution in [1.82, 2.24) is 4.72 Å². The summed E-state index contributed by atoms with van der Waals surface area (Å²) >= 11 is 0. The van der Waals surface area contributed by atoms with Crippen molar-refractivity contribution in [3.8, 4) is 0 Å². The molecule has 7 atom stereocenters. The predicted octanol–water partition coefficient (Wildman–Crippen LogP) is 4.71. The number of carbonyl (C=O) groups excluding carboxylic acids is 2. The maximum atomic E-state index is 12.2. The van der Waals surface area contributed by atoms with E-state index in [0.29, 0.717) is 42.9 Å². The molecular formula is C27H37NO4S. The lowest BCUT2D eigenvalue weighted by Crippen LogP contribution is -2.49. The van der Waals surface area contributed by atoms with Crippen molar-refractivity contribution in [2.45, 2.75) is 77.4 Å². The van der Waals surface area contributed by atoms with E-state index in [1.165, 1.54) is 30.9 Å². The molecule has 0 bridgehead atoms. The van der Waals surface area contributed by atoms with E-state index in [1.54, 1.807) is 0 Å². The second-order valence-electron chi connectivity index (χ2n) is 11.8. The second-order valence-corrected chi connectivity index (χ2v) is 13.8. The van der Waals surface area contributed by atoms with Crippen LogP contribution in [0.25, 0.3) is 0 Å². The number of sulfonamides is 1. The van der Waals surface area contributed by atoms with Crippen LogP contribution in [0.3, 0.4) is 0 Å². The third-order valence-electron chi connectivity index (χ3n) is 9.98. The van der Waals surface area contributed by atoms with Crippen molar-refractivity contribution < 1.29 is 18.0 Å². The Morgan fingerprint density at radius 2 is 1.88 bits per heavy atom. The monoisotopic (exact) mass is 471 g/mol. The van der Waals surface area contributed by atoms with Gasteiger partial charge in [-0.15, -0.1) is 0 Å². The molecule has 0 aromatic rings. The quantitative estimate of drug-likeness (QED) is 0.589. The highest BCUT2D eigenvalue weighted by Crippen LogP contribution is 2.66. The molecule has 3 fully saturated rings. The fourth-order valence-electron chi connectivity index (χ4n) is 7.91. The standard InChI is InChI=1S/C27H37NO4S/c1-17(4-11-25(30)28-33(31,32)20-6-7-20)22-9-10-23-21-8-5-18-16-19(29)12-14-26(18,2)24(21)13-15-27(22,23)3/h4-5,8,11,16-17,20-24H,6-7,9-10,12-15H2,1-3H3,(H,28,30)/b11-4+/t17-,21?,22?,23?,24?,26+,27?/m1/s1. The smallest absolute Gasteiger partial charge is 0.257 e. The normalized spacial score (nSPS) is 41.2. The molecule has 5 rings (SSSR count). The number of hydrogen-bond acceptors (Lipinski definition) is 4. The van der Waals surface area contributed by atoms with Gasteiger partial charge in [0.25, 0.3) is 5.91 Å². The number of hydrogen-bond donors (Lipinski definition) is 1. The van der Waals surface area contributed by atoms with Crippen LogP contribution in [0, 0.1) is 40.4 Å². The maximum Gasteiger partial charge on any atom is 0.257 e. The molecule has 0 heterocycles. The van der Waals surface area contributed by atoms with Gasteiger partial charge in [-0.2, -0.15) is 0 Å². The topological polar surface area (TPSA) is 80.3 Å². The fraction of sp³-hybridized carbons (Fsp3) is 0.704. The average molecular weight is 472 g/mol. The highest BCUT2D eigenvalue weighted by Gasteiger charge is 2.58. The summed E-state index contributed by atoms with van der Waals surface area (Å²) in [5.74, 6) is 2.22. The molecule has 0 aromatic carbocycles. The minimum absolute atomic E-state index is 0.114. The van der Waals surface area contributed by atoms with Gasteiger partial charge in [-0.25, -0.2) is 13.1 Å². The number of carbonyl (C=O) groups is 2. The van der Waals surface area contributed by atoms with Crippen molar-refractivity contribution in [2.24, 2.45) is 40.4 Å². The Morgan fingerprint density at radius 1 is 1.12 bits per heavy atom. The van der Waals surface area contributed by atoms with Gasteiger partial charge in [0.05, 0.1) is 5.25 Å². The molecule has 0 saturated heterocycles. The molecule has 5 aliphatic rings. The largest absolute Gasteiger partial charge is 0.295 e. The lowest BCUT2D eigenvalue weighted by atomic mass is 9.48. The average Bonchev–Trinajstić information content (AvgIpc) is 3.55. The van der Waals surface area contributed by atoms with Gasteiger partial charge in [-0.1, -0.05) is 39.0 Å². The van der Waals surface area contributed by atoms with E-state index < -0.39 is 15.9 Å². The van der Waals surface area contributed by atoms with Crippen molar-refractivity contribution in [2.75, 3.05) is 0 Å². The predicted molar refractivity (Wildman–Crippen MR) is 128 cm³/mol. The van der Waals surface area contributed by atoms with Crippen LogP contribution in [-0.2, 0) is 19.6 Å². The first-order chi connectivity index (χ1) is 15.5. The van der Waals surface area contributed by atoms with Crippen molar-refractivity contribution in [1.29, 1.82) is 0 Å². The zero-order chi connectivity index (χ0) is 23.6. The van der Waals surface area contributed by atoms with Gasteiger partial charge in [0.1, 0.15) is 0 Å². The Bertz CT molecular complexity index is 1050. The summed E-state index contributed by atoms with van der Waals surface area (Å²) in [4.78, 5) is 24.3. The van der Waals surface area contributed by atoms with Gasteiger partial charge in [0.2, 0.25) is 10.0 Å². The second kappa shape index (κ2) is 7.93. The summed E-state index contributed by atoms with van der Waals surface area (Å²) in [5.41, 5.74) is 1.57. The molecule has 1 N–H and O–H groups in total. The van der Waals surface area contributed by atoms with Crippen LogP contribution in [0.2, 0.25) is 0 Å². The third kappa shape index (κ3) is 3.86. The summed E-state index contributed by atoms with van der Waals surface area (Å²) < 4.78 is 26.3. The van der Waals surface area contributed by atoms with Gasteiger partial charge in [-0.05, 0) is 97.0 Å². The number of ketones is 1. The Balaban J connectivity index is 1.31. The van der Waals surface area contributed by atoms with E-state index in [9.17, 15) is 18.0 Å². The molecule has 0 radical (unpaired) electrons. The van der Waals surface area contributed by atoms with E-state index >= 15 is 0 Å². The van der Waals surface area contributed by atoms with Crippen LogP contribution in [-0.4, -0.2) is 25.4 Å². The highest BCUT2D eigenvalue weighted by molar-refractivity contribution is 7.91. The van der Waals surface area contributed by atoms with E-state index in [2.05, 4.69) is 37.6 Å². The first-order valence-electron chi connectivity index (χ1n) is 12.7. The van der Waals surface area contributed by atoms with Gasteiger partial charge in [0, 0.05) is 12.5 Å². The Morgan fingerprint density at radius 3 is 2.61 bits per heavy atom. The number of amides is 1. The molecule has 180 valence electrons. The third-order valence-corrected chi connectivity index (χ3v) is 11.8. The Kier molecular flexibility index (Phi) is 5.54. The van der Waals surface area contributed by atoms with Crippen LogP contribution in [0.5, 0.6) is 0 Å². The first-order valence-corrected chi connectivity index (χ1v) is 14.3. The lowest BCUT2D eigenvalue weighted by molar-refractivity contribution is -0.116. The number of fused-ring (bicyclic) bond motifs is 5. The Hall–Kier alpha value is -1.69. The summed E-state index contributed by atoms with van der Waals surface area (Å²) in [5, 5.41) is -0.389. The highest BCUT2D eigenvalue weighted by atomic mass is 32.2. The van der Waals surface area contributed by atoms with Crippen molar-refractivity contribution in [3.05, 3.63) is 36.0 Å². The summed E-state index contributed by atoms with van der Waals surface area (Å²) in [7, 11) is -3.50. The van der Waals surface area contributed by atoms with Gasteiger partial charge in [-0.3, -0.25) is 9.59 Å². The summed E-state index contributed by atoms with van der Waals surface area (Å²) in [6.45, 7) is 7.00. The number of allylic oxidation sites excluding steroid dienone is 5. The fourth-order valence-corrected chi connectivity index (χ4v) is 9.18. The number of rotatable bonds is 5. The van der Waals surface area contributed by atoms with Crippen LogP contribution in [0.4, 0.5) is 0 Å².